The number of carbonyl (C=O) groups is 4. The molecule has 30 heavy (non-hydrogen) atoms. The molecular weight excluding hydrogens is 392 g/mol. The van der Waals surface area contributed by atoms with Crippen molar-refractivity contribution < 1.29 is 33.4 Å². The minimum atomic E-state index is -0.894. The van der Waals surface area contributed by atoms with Crippen molar-refractivity contribution in [3.63, 3.8) is 0 Å². The van der Waals surface area contributed by atoms with Crippen LogP contribution in [0.2, 0.25) is 0 Å². The number of anilines is 1. The normalized spacial score (nSPS) is 15.1. The van der Waals surface area contributed by atoms with E-state index in [1.807, 2.05) is 0 Å². The number of hydrogen-bond donors (Lipinski definition) is 1. The lowest BCUT2D eigenvalue weighted by Crippen LogP contribution is -2.54. The molecule has 0 atom stereocenters. The van der Waals surface area contributed by atoms with Crippen molar-refractivity contribution in [2.75, 3.05) is 26.2 Å². The first kappa shape index (κ1) is 20.6. The highest BCUT2D eigenvalue weighted by molar-refractivity contribution is 6.39. The molecule has 1 fully saturated rings. The summed E-state index contributed by atoms with van der Waals surface area (Å²) in [5.74, 6) is -1.28. The van der Waals surface area contributed by atoms with E-state index < -0.39 is 23.8 Å². The second kappa shape index (κ2) is 8.48. The highest BCUT2D eigenvalue weighted by Gasteiger charge is 2.37. The Balaban J connectivity index is 1.99. The maximum absolute atomic E-state index is 13.0. The maximum Gasteiger partial charge on any atom is 0.337 e. The Hall–Kier alpha value is -4.14. The molecule has 3 rings (SSSR count). The van der Waals surface area contributed by atoms with E-state index >= 15 is 0 Å². The Kier molecular flexibility index (Phi) is 5.82. The Morgan fingerprint density at radius 1 is 0.967 bits per heavy atom. The fraction of sp³-hybridized carbons (Fsp3) is 0.143. The maximum atomic E-state index is 13.0. The number of urea groups is 1. The first-order valence-corrected chi connectivity index (χ1v) is 8.71. The molecule has 0 radical (unpaired) electrons. The van der Waals surface area contributed by atoms with Crippen molar-refractivity contribution in [3.8, 4) is 11.5 Å². The van der Waals surface area contributed by atoms with E-state index in [2.05, 4.69) is 10.1 Å². The van der Waals surface area contributed by atoms with Crippen molar-refractivity contribution in [1.82, 2.24) is 5.32 Å². The van der Waals surface area contributed by atoms with Gasteiger partial charge in [0.05, 0.1) is 32.6 Å². The van der Waals surface area contributed by atoms with Gasteiger partial charge >= 0.3 is 12.0 Å². The van der Waals surface area contributed by atoms with Gasteiger partial charge in [0, 0.05) is 11.6 Å². The van der Waals surface area contributed by atoms with Crippen LogP contribution in [0.25, 0.3) is 6.08 Å². The first-order chi connectivity index (χ1) is 14.4. The molecule has 9 heteroatoms. The van der Waals surface area contributed by atoms with Gasteiger partial charge in [-0.3, -0.25) is 14.9 Å². The number of nitrogens with one attached hydrogen (secondary N) is 1. The molecular formula is C21H18N2O7. The minimum Gasteiger partial charge on any atom is -0.497 e. The zero-order valence-corrected chi connectivity index (χ0v) is 16.4. The second-order valence-corrected chi connectivity index (χ2v) is 6.10. The number of hydrogen-bond acceptors (Lipinski definition) is 7. The summed E-state index contributed by atoms with van der Waals surface area (Å²) in [5.41, 5.74) is 0.633. The smallest absolute Gasteiger partial charge is 0.337 e. The summed E-state index contributed by atoms with van der Waals surface area (Å²) in [6.45, 7) is 0. The summed E-state index contributed by atoms with van der Waals surface area (Å²) in [7, 11) is 4.19. The molecule has 9 nitrogen and oxygen atoms in total. The van der Waals surface area contributed by atoms with Gasteiger partial charge in [-0.25, -0.2) is 14.5 Å². The number of esters is 1. The molecule has 0 bridgehead atoms. The SMILES string of the molecule is COC(=O)c1ccc(N2C(=O)NC(=O)/C(=C\c3ccc(OC)cc3OC)C2=O)cc1. The van der Waals surface area contributed by atoms with Crippen LogP contribution in [0.3, 0.4) is 0 Å². The van der Waals surface area contributed by atoms with Gasteiger partial charge < -0.3 is 14.2 Å². The zero-order chi connectivity index (χ0) is 21.8. The third kappa shape index (κ3) is 3.86. The van der Waals surface area contributed by atoms with Crippen molar-refractivity contribution in [3.05, 3.63) is 59.2 Å². The third-order valence-corrected chi connectivity index (χ3v) is 4.39. The van der Waals surface area contributed by atoms with Crippen LogP contribution < -0.4 is 19.7 Å². The molecule has 0 unspecified atom stereocenters. The van der Waals surface area contributed by atoms with Gasteiger partial charge in [0.25, 0.3) is 11.8 Å². The molecule has 1 saturated heterocycles. The topological polar surface area (TPSA) is 111 Å². The first-order valence-electron chi connectivity index (χ1n) is 8.71. The van der Waals surface area contributed by atoms with Gasteiger partial charge in [-0.15, -0.1) is 0 Å². The third-order valence-electron chi connectivity index (χ3n) is 4.39. The molecule has 0 spiro atoms. The number of benzene rings is 2. The van der Waals surface area contributed by atoms with E-state index in [1.165, 1.54) is 51.7 Å². The summed E-state index contributed by atoms with van der Waals surface area (Å²) in [6, 6.07) is 9.62. The number of rotatable bonds is 5. The lowest BCUT2D eigenvalue weighted by atomic mass is 10.1. The molecule has 1 N–H and O–H groups in total. The fourth-order valence-electron chi connectivity index (χ4n) is 2.85. The van der Waals surface area contributed by atoms with E-state index in [0.29, 0.717) is 17.1 Å². The van der Waals surface area contributed by atoms with Gasteiger partial charge in [-0.05, 0) is 42.5 Å². The molecule has 2 aromatic rings. The number of nitrogens with zero attached hydrogens (tertiary/aromatic N) is 1. The number of imide groups is 2. The molecule has 2 aromatic carbocycles. The average Bonchev–Trinajstić information content (AvgIpc) is 2.76. The predicted molar refractivity (Wildman–Crippen MR) is 106 cm³/mol. The van der Waals surface area contributed by atoms with Crippen LogP contribution >= 0.6 is 0 Å². The van der Waals surface area contributed by atoms with Gasteiger partial charge in [-0.1, -0.05) is 0 Å². The summed E-state index contributed by atoms with van der Waals surface area (Å²) in [4.78, 5) is 50.0. The van der Waals surface area contributed by atoms with Crippen LogP contribution in [-0.2, 0) is 14.3 Å². The summed E-state index contributed by atoms with van der Waals surface area (Å²) >= 11 is 0. The highest BCUT2D eigenvalue weighted by atomic mass is 16.5. The van der Waals surface area contributed by atoms with Crippen LogP contribution in [0.5, 0.6) is 11.5 Å². The van der Waals surface area contributed by atoms with Gasteiger partial charge in [0.1, 0.15) is 17.1 Å². The molecule has 0 aliphatic carbocycles. The monoisotopic (exact) mass is 410 g/mol. The van der Waals surface area contributed by atoms with Gasteiger partial charge in [0.2, 0.25) is 0 Å². The number of methoxy groups -OCH3 is 3. The standard InChI is InChI=1S/C21H18N2O7/c1-28-15-9-6-13(17(11-15)29-2)10-16-18(24)22-21(27)23(19(16)25)14-7-4-12(5-8-14)20(26)30-3/h4-11H,1-3H3,(H,22,24,27)/b16-10+. The van der Waals surface area contributed by atoms with Crippen LogP contribution in [0.15, 0.2) is 48.0 Å². The fourth-order valence-corrected chi connectivity index (χ4v) is 2.85. The molecule has 1 heterocycles. The lowest BCUT2D eigenvalue weighted by molar-refractivity contribution is -0.122. The van der Waals surface area contributed by atoms with Gasteiger partial charge in [0.15, 0.2) is 0 Å². The van der Waals surface area contributed by atoms with Crippen molar-refractivity contribution in [2.24, 2.45) is 0 Å². The summed E-state index contributed by atoms with van der Waals surface area (Å²) in [6.07, 6.45) is 1.33. The quantitative estimate of drug-likeness (QED) is 0.457. The van der Waals surface area contributed by atoms with E-state index in [0.717, 1.165) is 4.90 Å². The Labute approximate surface area is 171 Å². The van der Waals surface area contributed by atoms with Crippen molar-refractivity contribution in [1.29, 1.82) is 0 Å². The number of amides is 4. The van der Waals surface area contributed by atoms with Gasteiger partial charge in [-0.2, -0.15) is 0 Å². The van der Waals surface area contributed by atoms with Crippen molar-refractivity contribution in [2.45, 2.75) is 0 Å². The molecule has 0 saturated carbocycles. The highest BCUT2D eigenvalue weighted by Crippen LogP contribution is 2.28. The summed E-state index contributed by atoms with van der Waals surface area (Å²) < 4.78 is 15.0. The Bertz CT molecular complexity index is 1060. The van der Waals surface area contributed by atoms with Crippen LogP contribution in [0.1, 0.15) is 15.9 Å². The molecule has 1 aliphatic heterocycles. The van der Waals surface area contributed by atoms with Crippen molar-refractivity contribution >= 4 is 35.6 Å². The predicted octanol–water partition coefficient (Wildman–Crippen LogP) is 2.16. The molecule has 4 amide bonds. The number of barbiturate groups is 1. The minimum absolute atomic E-state index is 0.185. The van der Waals surface area contributed by atoms with Crippen LogP contribution in [0.4, 0.5) is 10.5 Å². The van der Waals surface area contributed by atoms with E-state index in [4.69, 9.17) is 9.47 Å². The molecule has 0 aromatic heterocycles. The van der Waals surface area contributed by atoms with Crippen LogP contribution in [0, 0.1) is 0 Å². The lowest BCUT2D eigenvalue weighted by Gasteiger charge is -2.26. The number of ether oxygens (including phenoxy) is 3. The number of carbonyl (C=O) groups excluding carboxylic acids is 4. The van der Waals surface area contributed by atoms with Crippen LogP contribution in [-0.4, -0.2) is 45.1 Å². The Morgan fingerprint density at radius 2 is 1.67 bits per heavy atom. The Morgan fingerprint density at radius 3 is 2.27 bits per heavy atom. The van der Waals surface area contributed by atoms with E-state index in [-0.39, 0.29) is 16.8 Å². The van der Waals surface area contributed by atoms with E-state index in [1.54, 1.807) is 18.2 Å². The average molecular weight is 410 g/mol. The second-order valence-electron chi connectivity index (χ2n) is 6.10. The molecule has 154 valence electrons. The largest absolute Gasteiger partial charge is 0.497 e. The van der Waals surface area contributed by atoms with E-state index in [9.17, 15) is 19.2 Å². The summed E-state index contributed by atoms with van der Waals surface area (Å²) in [5, 5.41) is 2.14. The molecule has 1 aliphatic rings. The zero-order valence-electron chi connectivity index (χ0n) is 16.4.